The Morgan fingerprint density at radius 3 is 2.21 bits per heavy atom. The molecular formula is C27H24N2O4. The highest BCUT2D eigenvalue weighted by Crippen LogP contribution is 2.29. The van der Waals surface area contributed by atoms with Gasteiger partial charge in [0.1, 0.15) is 5.75 Å². The fourth-order valence-corrected chi connectivity index (χ4v) is 3.64. The number of ether oxygens (including phenoxy) is 2. The fourth-order valence-electron chi connectivity index (χ4n) is 3.64. The third-order valence-electron chi connectivity index (χ3n) is 5.32. The molecule has 166 valence electrons. The van der Waals surface area contributed by atoms with Crippen molar-refractivity contribution in [2.75, 3.05) is 18.6 Å². The molecule has 6 nitrogen and oxygen atoms in total. The normalized spacial score (nSPS) is 10.6. The van der Waals surface area contributed by atoms with Gasteiger partial charge in [0.25, 0.3) is 5.91 Å². The van der Waals surface area contributed by atoms with Gasteiger partial charge in [-0.05, 0) is 71.8 Å². The minimum atomic E-state index is -0.396. The molecule has 0 saturated heterocycles. The number of hydrogen-bond donors (Lipinski definition) is 0. The molecule has 0 N–H and O–H groups in total. The van der Waals surface area contributed by atoms with Crippen molar-refractivity contribution in [1.29, 1.82) is 0 Å². The molecule has 0 spiro atoms. The van der Waals surface area contributed by atoms with Gasteiger partial charge < -0.3 is 14.4 Å². The van der Waals surface area contributed by atoms with E-state index in [1.165, 1.54) is 0 Å². The van der Waals surface area contributed by atoms with Crippen LogP contribution < -0.4 is 9.64 Å². The van der Waals surface area contributed by atoms with Crippen LogP contribution in [0.2, 0.25) is 0 Å². The van der Waals surface area contributed by atoms with Gasteiger partial charge in [-0.3, -0.25) is 9.78 Å². The summed E-state index contributed by atoms with van der Waals surface area (Å²) in [7, 11) is 1.56. The van der Waals surface area contributed by atoms with Crippen LogP contribution in [0.3, 0.4) is 0 Å². The van der Waals surface area contributed by atoms with Crippen molar-refractivity contribution < 1.29 is 19.1 Å². The Labute approximate surface area is 192 Å². The lowest BCUT2D eigenvalue weighted by Gasteiger charge is -2.24. The predicted octanol–water partition coefficient (Wildman–Crippen LogP) is 5.27. The average Bonchev–Trinajstić information content (AvgIpc) is 2.87. The van der Waals surface area contributed by atoms with Crippen LogP contribution in [0.1, 0.15) is 33.2 Å². The summed E-state index contributed by atoms with van der Waals surface area (Å²) in [4.78, 5) is 31.6. The smallest absolute Gasteiger partial charge is 0.338 e. The van der Waals surface area contributed by atoms with Crippen LogP contribution in [-0.2, 0) is 11.3 Å². The number of methoxy groups -OCH3 is 1. The van der Waals surface area contributed by atoms with E-state index in [1.807, 2.05) is 48.5 Å². The Morgan fingerprint density at radius 1 is 0.909 bits per heavy atom. The van der Waals surface area contributed by atoms with Gasteiger partial charge in [-0.15, -0.1) is 0 Å². The van der Waals surface area contributed by atoms with E-state index in [9.17, 15) is 9.59 Å². The number of carbonyl (C=O) groups is 2. The molecule has 0 radical (unpaired) electrons. The Balaban J connectivity index is 1.76. The van der Waals surface area contributed by atoms with Gasteiger partial charge >= 0.3 is 5.97 Å². The van der Waals surface area contributed by atoms with Gasteiger partial charge in [-0.25, -0.2) is 4.79 Å². The molecule has 4 aromatic rings. The minimum absolute atomic E-state index is 0.210. The topological polar surface area (TPSA) is 68.7 Å². The summed E-state index contributed by atoms with van der Waals surface area (Å²) in [5.41, 5.74) is 2.47. The number of fused-ring (bicyclic) bond motifs is 1. The highest BCUT2D eigenvalue weighted by Gasteiger charge is 2.23. The molecule has 0 fully saturated rings. The quantitative estimate of drug-likeness (QED) is 0.366. The number of esters is 1. The van der Waals surface area contributed by atoms with Crippen LogP contribution >= 0.6 is 0 Å². The molecule has 1 aromatic heterocycles. The van der Waals surface area contributed by atoms with E-state index >= 15 is 0 Å². The first-order valence-electron chi connectivity index (χ1n) is 10.7. The van der Waals surface area contributed by atoms with Gasteiger partial charge in [0.2, 0.25) is 0 Å². The highest BCUT2D eigenvalue weighted by atomic mass is 16.5. The molecule has 0 aliphatic carbocycles. The Kier molecular flexibility index (Phi) is 6.64. The van der Waals surface area contributed by atoms with E-state index in [0.717, 1.165) is 16.3 Å². The monoisotopic (exact) mass is 440 g/mol. The van der Waals surface area contributed by atoms with Crippen LogP contribution in [0.15, 0.2) is 85.2 Å². The maximum atomic E-state index is 13.8. The summed E-state index contributed by atoms with van der Waals surface area (Å²) < 4.78 is 10.6. The van der Waals surface area contributed by atoms with Crippen LogP contribution in [0, 0.1) is 0 Å². The number of aromatic nitrogens is 1. The average molecular weight is 440 g/mol. The van der Waals surface area contributed by atoms with Gasteiger partial charge in [-0.1, -0.05) is 24.3 Å². The first-order valence-corrected chi connectivity index (χ1v) is 10.7. The Bertz CT molecular complexity index is 1270. The van der Waals surface area contributed by atoms with Gasteiger partial charge in [0.15, 0.2) is 0 Å². The first kappa shape index (κ1) is 22.0. The number of hydrogen-bond acceptors (Lipinski definition) is 5. The summed E-state index contributed by atoms with van der Waals surface area (Å²) in [6.07, 6.45) is 3.39. The summed E-state index contributed by atoms with van der Waals surface area (Å²) in [6, 6.07) is 22.1. The zero-order valence-corrected chi connectivity index (χ0v) is 18.5. The summed E-state index contributed by atoms with van der Waals surface area (Å²) in [5.74, 6) is -0.105. The zero-order chi connectivity index (χ0) is 23.2. The highest BCUT2D eigenvalue weighted by molar-refractivity contribution is 6.10. The second kappa shape index (κ2) is 9.96. The van der Waals surface area contributed by atoms with Gasteiger partial charge in [0.05, 0.1) is 31.4 Å². The van der Waals surface area contributed by atoms with Crippen LogP contribution in [0.5, 0.6) is 5.75 Å². The molecule has 0 bridgehead atoms. The molecule has 0 aliphatic heterocycles. The predicted molar refractivity (Wildman–Crippen MR) is 128 cm³/mol. The first-order chi connectivity index (χ1) is 16.1. The maximum Gasteiger partial charge on any atom is 0.338 e. The van der Waals surface area contributed by atoms with E-state index in [1.54, 1.807) is 55.6 Å². The summed E-state index contributed by atoms with van der Waals surface area (Å²) in [5, 5.41) is 1.94. The van der Waals surface area contributed by atoms with Crippen molar-refractivity contribution in [2.45, 2.75) is 13.5 Å². The van der Waals surface area contributed by atoms with Crippen molar-refractivity contribution in [2.24, 2.45) is 0 Å². The number of anilines is 1. The Hall–Kier alpha value is -4.19. The maximum absolute atomic E-state index is 13.8. The lowest BCUT2D eigenvalue weighted by molar-refractivity contribution is 0.0526. The second-order valence-electron chi connectivity index (χ2n) is 7.41. The van der Waals surface area contributed by atoms with Crippen molar-refractivity contribution in [1.82, 2.24) is 4.98 Å². The number of benzene rings is 3. The van der Waals surface area contributed by atoms with E-state index in [2.05, 4.69) is 4.98 Å². The number of amides is 1. The minimum Gasteiger partial charge on any atom is -0.496 e. The number of nitrogens with zero attached hydrogens (tertiary/aromatic N) is 2. The van der Waals surface area contributed by atoms with E-state index in [4.69, 9.17) is 9.47 Å². The standard InChI is InChI=1S/C27H24N2O4/c1-3-33-27(31)20-8-10-23(11-9-20)29(18-19-12-14-28-15-13-19)26(30)24-16-21-6-4-5-7-22(21)17-25(24)32-2/h4-17H,3,18H2,1-2H3. The van der Waals surface area contributed by atoms with Crippen molar-refractivity contribution in [3.63, 3.8) is 0 Å². The molecule has 1 amide bonds. The Morgan fingerprint density at radius 2 is 1.58 bits per heavy atom. The molecule has 1 heterocycles. The SMILES string of the molecule is CCOC(=O)c1ccc(N(Cc2ccncc2)C(=O)c2cc3ccccc3cc2OC)cc1. The van der Waals surface area contributed by atoms with E-state index in [0.29, 0.717) is 35.7 Å². The third-order valence-corrected chi connectivity index (χ3v) is 5.32. The van der Waals surface area contributed by atoms with Crippen molar-refractivity contribution in [3.05, 3.63) is 102 Å². The molecule has 4 rings (SSSR count). The number of carbonyl (C=O) groups excluding carboxylic acids is 2. The molecule has 3 aromatic carbocycles. The lowest BCUT2D eigenvalue weighted by Crippen LogP contribution is -2.30. The van der Waals surface area contributed by atoms with Crippen LogP contribution in [0.4, 0.5) is 5.69 Å². The van der Waals surface area contributed by atoms with Gasteiger partial charge in [-0.2, -0.15) is 0 Å². The van der Waals surface area contributed by atoms with Crippen molar-refractivity contribution >= 4 is 28.3 Å². The molecular weight excluding hydrogens is 416 g/mol. The zero-order valence-electron chi connectivity index (χ0n) is 18.5. The van der Waals surface area contributed by atoms with E-state index < -0.39 is 5.97 Å². The number of pyridine rings is 1. The molecule has 0 aliphatic rings. The molecule has 0 atom stereocenters. The lowest BCUT2D eigenvalue weighted by atomic mass is 10.0. The second-order valence-corrected chi connectivity index (χ2v) is 7.41. The fraction of sp³-hybridized carbons (Fsp3) is 0.148. The largest absolute Gasteiger partial charge is 0.496 e. The van der Waals surface area contributed by atoms with Crippen LogP contribution in [0.25, 0.3) is 10.8 Å². The van der Waals surface area contributed by atoms with Gasteiger partial charge in [0, 0.05) is 18.1 Å². The van der Waals surface area contributed by atoms with Crippen molar-refractivity contribution in [3.8, 4) is 5.75 Å². The molecule has 0 unspecified atom stereocenters. The van der Waals surface area contributed by atoms with Crippen LogP contribution in [-0.4, -0.2) is 30.6 Å². The number of rotatable bonds is 7. The molecule has 0 saturated carbocycles. The molecule has 33 heavy (non-hydrogen) atoms. The summed E-state index contributed by atoms with van der Waals surface area (Å²) in [6.45, 7) is 2.39. The van der Waals surface area contributed by atoms with E-state index in [-0.39, 0.29) is 5.91 Å². The summed E-state index contributed by atoms with van der Waals surface area (Å²) >= 11 is 0. The third kappa shape index (κ3) is 4.85. The molecule has 6 heteroatoms.